The summed E-state index contributed by atoms with van der Waals surface area (Å²) in [6, 6.07) is 4.43. The van der Waals surface area contributed by atoms with E-state index in [1.165, 1.54) is 6.92 Å². The van der Waals surface area contributed by atoms with Crippen LogP contribution in [0.25, 0.3) is 0 Å². The van der Waals surface area contributed by atoms with Crippen LogP contribution in [-0.2, 0) is 9.53 Å². The lowest BCUT2D eigenvalue weighted by Crippen LogP contribution is -2.48. The van der Waals surface area contributed by atoms with Gasteiger partial charge in [0, 0.05) is 58.4 Å². The summed E-state index contributed by atoms with van der Waals surface area (Å²) in [6.07, 6.45) is 0.595. The molecule has 0 aliphatic carbocycles. The number of methoxy groups -OCH3 is 1. The normalized spacial score (nSPS) is 22.2. The number of hydrogen-bond donors (Lipinski definition) is 2. The third-order valence-corrected chi connectivity index (χ3v) is 5.64. The molecule has 4 amide bonds. The summed E-state index contributed by atoms with van der Waals surface area (Å²) in [6.45, 7) is 9.07. The number of urea groups is 1. The Morgan fingerprint density at radius 2 is 1.97 bits per heavy atom. The summed E-state index contributed by atoms with van der Waals surface area (Å²) in [4.78, 5) is 40.9. The van der Waals surface area contributed by atoms with E-state index in [4.69, 9.17) is 9.47 Å². The summed E-state index contributed by atoms with van der Waals surface area (Å²) in [5.41, 5.74) is 0.899. The van der Waals surface area contributed by atoms with Crippen molar-refractivity contribution < 1.29 is 23.9 Å². The molecule has 9 nitrogen and oxygen atoms in total. The van der Waals surface area contributed by atoms with Crippen molar-refractivity contribution in [3.8, 4) is 5.75 Å². The maximum absolute atomic E-state index is 13.2. The highest BCUT2D eigenvalue weighted by molar-refractivity contribution is 5.98. The molecule has 0 bridgehead atoms. The van der Waals surface area contributed by atoms with Gasteiger partial charge in [0.1, 0.15) is 12.4 Å². The molecule has 2 rings (SSSR count). The van der Waals surface area contributed by atoms with E-state index in [-0.39, 0.29) is 42.5 Å². The first kappa shape index (κ1) is 25.5. The fourth-order valence-corrected chi connectivity index (χ4v) is 3.70. The Kier molecular flexibility index (Phi) is 9.31. The summed E-state index contributed by atoms with van der Waals surface area (Å²) < 4.78 is 11.7. The molecule has 0 aromatic heterocycles. The van der Waals surface area contributed by atoms with Gasteiger partial charge in [-0.05, 0) is 25.5 Å². The molecule has 1 aromatic rings. The highest BCUT2D eigenvalue weighted by atomic mass is 16.5. The van der Waals surface area contributed by atoms with Gasteiger partial charge in [0.2, 0.25) is 5.91 Å². The first-order chi connectivity index (χ1) is 15.2. The van der Waals surface area contributed by atoms with E-state index in [0.29, 0.717) is 36.6 Å². The Bertz CT molecular complexity index is 816. The zero-order valence-corrected chi connectivity index (χ0v) is 19.9. The number of carbonyl (C=O) groups is 3. The largest absolute Gasteiger partial charge is 0.491 e. The highest BCUT2D eigenvalue weighted by Gasteiger charge is 2.29. The minimum atomic E-state index is -0.323. The topological polar surface area (TPSA) is 100 Å². The molecule has 0 unspecified atom stereocenters. The molecule has 0 saturated heterocycles. The van der Waals surface area contributed by atoms with E-state index in [2.05, 4.69) is 10.6 Å². The number of nitrogens with zero attached hydrogens (tertiary/aromatic N) is 2. The van der Waals surface area contributed by atoms with Crippen LogP contribution in [0.1, 0.15) is 44.5 Å². The molecule has 0 fully saturated rings. The lowest BCUT2D eigenvalue weighted by atomic mass is 10.0. The molecule has 0 radical (unpaired) electrons. The van der Waals surface area contributed by atoms with Crippen LogP contribution in [0.3, 0.4) is 0 Å². The molecule has 32 heavy (non-hydrogen) atoms. The average molecular weight is 449 g/mol. The third-order valence-electron chi connectivity index (χ3n) is 5.64. The molecule has 1 aliphatic heterocycles. The lowest BCUT2D eigenvalue weighted by Gasteiger charge is -2.35. The van der Waals surface area contributed by atoms with Crippen LogP contribution >= 0.6 is 0 Å². The van der Waals surface area contributed by atoms with Crippen molar-refractivity contribution in [2.75, 3.05) is 45.7 Å². The van der Waals surface area contributed by atoms with E-state index in [1.54, 1.807) is 42.2 Å². The molecule has 3 atom stereocenters. The summed E-state index contributed by atoms with van der Waals surface area (Å²) >= 11 is 0. The van der Waals surface area contributed by atoms with Crippen molar-refractivity contribution in [3.63, 3.8) is 0 Å². The van der Waals surface area contributed by atoms with Crippen LogP contribution in [0.5, 0.6) is 5.75 Å². The van der Waals surface area contributed by atoms with Gasteiger partial charge in [-0.2, -0.15) is 0 Å². The van der Waals surface area contributed by atoms with Gasteiger partial charge in [0.25, 0.3) is 5.91 Å². The number of ether oxygens (including phenoxy) is 2. The van der Waals surface area contributed by atoms with Gasteiger partial charge in [0.15, 0.2) is 0 Å². The van der Waals surface area contributed by atoms with Crippen LogP contribution < -0.4 is 15.4 Å². The van der Waals surface area contributed by atoms with Crippen molar-refractivity contribution >= 4 is 23.5 Å². The van der Waals surface area contributed by atoms with Crippen molar-refractivity contribution in [1.82, 2.24) is 15.1 Å². The second-order valence-corrected chi connectivity index (χ2v) is 8.36. The van der Waals surface area contributed by atoms with Gasteiger partial charge in [0.05, 0.1) is 17.7 Å². The minimum absolute atomic E-state index is 0.0220. The number of benzene rings is 1. The maximum atomic E-state index is 13.2. The van der Waals surface area contributed by atoms with Crippen LogP contribution in [0.15, 0.2) is 18.2 Å². The van der Waals surface area contributed by atoms with Gasteiger partial charge >= 0.3 is 6.03 Å². The molecule has 9 heteroatoms. The molecule has 1 aliphatic rings. The van der Waals surface area contributed by atoms with Crippen molar-refractivity contribution in [2.24, 2.45) is 5.92 Å². The van der Waals surface area contributed by atoms with Gasteiger partial charge in [-0.15, -0.1) is 0 Å². The van der Waals surface area contributed by atoms with E-state index in [9.17, 15) is 14.4 Å². The fourth-order valence-electron chi connectivity index (χ4n) is 3.70. The molecule has 0 spiro atoms. The van der Waals surface area contributed by atoms with Crippen LogP contribution in [0.4, 0.5) is 10.5 Å². The van der Waals surface area contributed by atoms with Gasteiger partial charge in [-0.1, -0.05) is 13.8 Å². The molecule has 1 aromatic carbocycles. The fraction of sp³-hybridized carbons (Fsp3) is 0.609. The molecule has 178 valence electrons. The Morgan fingerprint density at radius 3 is 2.59 bits per heavy atom. The quantitative estimate of drug-likeness (QED) is 0.737. The monoisotopic (exact) mass is 448 g/mol. The Morgan fingerprint density at radius 1 is 1.25 bits per heavy atom. The van der Waals surface area contributed by atoms with Gasteiger partial charge in [-0.25, -0.2) is 4.79 Å². The number of rotatable bonds is 4. The second-order valence-electron chi connectivity index (χ2n) is 8.36. The summed E-state index contributed by atoms with van der Waals surface area (Å²) in [7, 11) is 3.33. The number of hydrogen-bond acceptors (Lipinski definition) is 5. The smallest absolute Gasteiger partial charge is 0.319 e. The molecule has 2 N–H and O–H groups in total. The number of carbonyl (C=O) groups excluding carboxylic acids is 3. The van der Waals surface area contributed by atoms with Crippen molar-refractivity contribution in [1.29, 1.82) is 0 Å². The zero-order chi connectivity index (χ0) is 23.8. The maximum Gasteiger partial charge on any atom is 0.319 e. The Balaban J connectivity index is 2.38. The zero-order valence-electron chi connectivity index (χ0n) is 19.9. The van der Waals surface area contributed by atoms with E-state index < -0.39 is 0 Å². The predicted molar refractivity (Wildman–Crippen MR) is 123 cm³/mol. The molecule has 0 saturated carbocycles. The van der Waals surface area contributed by atoms with Crippen LogP contribution in [0, 0.1) is 5.92 Å². The van der Waals surface area contributed by atoms with E-state index >= 15 is 0 Å². The van der Waals surface area contributed by atoms with Crippen molar-refractivity contribution in [3.05, 3.63) is 23.8 Å². The SMILES string of the molecule is CCCNC(=O)Nc1ccc2c(c1)OC[C@H](C)N(C(C)=O)C[C@H](C)[C@H](OC)CN(C)C2=O. The Hall–Kier alpha value is -2.81. The minimum Gasteiger partial charge on any atom is -0.491 e. The number of amides is 4. The Labute approximate surface area is 190 Å². The van der Waals surface area contributed by atoms with Gasteiger partial charge < -0.3 is 29.9 Å². The van der Waals surface area contributed by atoms with E-state index in [0.717, 1.165) is 6.42 Å². The number of nitrogens with one attached hydrogen (secondary N) is 2. The van der Waals surface area contributed by atoms with Crippen LogP contribution in [-0.4, -0.2) is 80.2 Å². The highest BCUT2D eigenvalue weighted by Crippen LogP contribution is 2.26. The first-order valence-corrected chi connectivity index (χ1v) is 11.0. The van der Waals surface area contributed by atoms with Crippen molar-refractivity contribution in [2.45, 2.75) is 46.3 Å². The number of likely N-dealkylation sites (N-methyl/N-ethyl adjacent to an activating group) is 1. The molecular weight excluding hydrogens is 412 g/mol. The third kappa shape index (κ3) is 6.59. The summed E-state index contributed by atoms with van der Waals surface area (Å²) in [5.74, 6) is 0.127. The molecule has 1 heterocycles. The number of fused-ring (bicyclic) bond motifs is 1. The second kappa shape index (κ2) is 11.7. The average Bonchev–Trinajstić information content (AvgIpc) is 2.76. The lowest BCUT2D eigenvalue weighted by molar-refractivity contribution is -0.133. The number of anilines is 1. The first-order valence-electron chi connectivity index (χ1n) is 11.0. The van der Waals surface area contributed by atoms with Crippen LogP contribution in [0.2, 0.25) is 0 Å². The van der Waals surface area contributed by atoms with Gasteiger partial charge in [-0.3, -0.25) is 9.59 Å². The standard InChI is InChI=1S/C23H36N4O5/c1-7-10-24-23(30)25-18-8-9-19-20(11-18)32-14-16(3)27(17(4)28)12-15(2)21(31-6)13-26(5)22(19)29/h8-9,11,15-16,21H,7,10,12-14H2,1-6H3,(H2,24,25,30)/t15-,16-,21+/m0/s1. The predicted octanol–water partition coefficient (Wildman–Crippen LogP) is 2.57. The van der Waals surface area contributed by atoms with E-state index in [1.807, 2.05) is 20.8 Å². The summed E-state index contributed by atoms with van der Waals surface area (Å²) in [5, 5.41) is 5.51. The molecular formula is C23H36N4O5.